The van der Waals surface area contributed by atoms with Gasteiger partial charge in [-0.15, -0.1) is 0 Å². The first-order valence-corrected chi connectivity index (χ1v) is 8.14. The molecule has 0 N–H and O–H groups in total. The molecule has 1 fully saturated rings. The molecule has 94 valence electrons. The summed E-state index contributed by atoms with van der Waals surface area (Å²) < 4.78 is 1.17. The Morgan fingerprint density at radius 2 is 2.12 bits per heavy atom. The number of halogens is 2. The van der Waals surface area contributed by atoms with Gasteiger partial charge in [-0.3, -0.25) is 0 Å². The van der Waals surface area contributed by atoms with Gasteiger partial charge in [0.05, 0.1) is 0 Å². The van der Waals surface area contributed by atoms with E-state index < -0.39 is 0 Å². The maximum absolute atomic E-state index is 3.59. The fraction of sp³-hybridized carbons (Fsp3) is 0.571. The highest BCUT2D eigenvalue weighted by Gasteiger charge is 2.24. The fourth-order valence-electron chi connectivity index (χ4n) is 2.68. The Morgan fingerprint density at radius 3 is 2.76 bits per heavy atom. The highest BCUT2D eigenvalue weighted by atomic mass is 79.9. The lowest BCUT2D eigenvalue weighted by Gasteiger charge is -2.39. The zero-order valence-electron chi connectivity index (χ0n) is 10.4. The lowest BCUT2D eigenvalue weighted by molar-refractivity contribution is 0.377. The van der Waals surface area contributed by atoms with E-state index in [2.05, 4.69) is 68.8 Å². The van der Waals surface area contributed by atoms with Gasteiger partial charge in [0.2, 0.25) is 0 Å². The molecule has 1 aliphatic rings. The monoisotopic (exact) mass is 359 g/mol. The Kier molecular flexibility index (Phi) is 4.53. The van der Waals surface area contributed by atoms with Crippen molar-refractivity contribution in [2.75, 3.05) is 11.4 Å². The van der Waals surface area contributed by atoms with Crippen molar-refractivity contribution < 1.29 is 0 Å². The first-order chi connectivity index (χ1) is 8.11. The molecule has 0 aromatic heterocycles. The zero-order valence-corrected chi connectivity index (χ0v) is 13.6. The third kappa shape index (κ3) is 3.05. The third-order valence-electron chi connectivity index (χ3n) is 3.64. The lowest BCUT2D eigenvalue weighted by atomic mass is 9.92. The van der Waals surface area contributed by atoms with Crippen LogP contribution < -0.4 is 4.90 Å². The Labute approximate surface area is 121 Å². The molecule has 1 heterocycles. The molecule has 2 atom stereocenters. The molecule has 1 nitrogen and oxygen atoms in total. The van der Waals surface area contributed by atoms with Crippen molar-refractivity contribution in [3.63, 3.8) is 0 Å². The molecule has 0 aliphatic carbocycles. The van der Waals surface area contributed by atoms with E-state index in [0.29, 0.717) is 6.04 Å². The van der Waals surface area contributed by atoms with Crippen molar-refractivity contribution >= 4 is 37.5 Å². The highest BCUT2D eigenvalue weighted by molar-refractivity contribution is 9.10. The normalized spacial score (nSPS) is 25.1. The first-order valence-electron chi connectivity index (χ1n) is 6.23. The predicted molar refractivity (Wildman–Crippen MR) is 82.0 cm³/mol. The smallest absolute Gasteiger partial charge is 0.0421 e. The maximum atomic E-state index is 3.59. The van der Waals surface area contributed by atoms with Gasteiger partial charge in [0.25, 0.3) is 0 Å². The zero-order chi connectivity index (χ0) is 12.4. The number of alkyl halides is 1. The van der Waals surface area contributed by atoms with Crippen LogP contribution in [0, 0.1) is 5.92 Å². The summed E-state index contributed by atoms with van der Waals surface area (Å²) in [6.07, 6.45) is 2.60. The molecular weight excluding hydrogens is 342 g/mol. The molecule has 1 aromatic rings. The van der Waals surface area contributed by atoms with Gasteiger partial charge in [-0.05, 0) is 43.4 Å². The van der Waals surface area contributed by atoms with E-state index in [4.69, 9.17) is 0 Å². The van der Waals surface area contributed by atoms with E-state index in [1.807, 2.05) is 0 Å². The Morgan fingerprint density at radius 1 is 1.35 bits per heavy atom. The summed E-state index contributed by atoms with van der Waals surface area (Å²) >= 11 is 7.17. The van der Waals surface area contributed by atoms with Gasteiger partial charge < -0.3 is 4.90 Å². The van der Waals surface area contributed by atoms with Gasteiger partial charge in [-0.2, -0.15) is 0 Å². The maximum Gasteiger partial charge on any atom is 0.0421 e. The van der Waals surface area contributed by atoms with Gasteiger partial charge in [0.15, 0.2) is 0 Å². The second-order valence-corrected chi connectivity index (χ2v) is 6.56. The quantitative estimate of drug-likeness (QED) is 0.673. The van der Waals surface area contributed by atoms with Crippen LogP contribution >= 0.6 is 31.9 Å². The summed E-state index contributed by atoms with van der Waals surface area (Å²) in [6.45, 7) is 5.88. The van der Waals surface area contributed by atoms with Gasteiger partial charge >= 0.3 is 0 Å². The van der Waals surface area contributed by atoms with Crippen LogP contribution in [-0.2, 0) is 5.33 Å². The minimum Gasteiger partial charge on any atom is -0.369 e. The predicted octanol–water partition coefficient (Wildman–Crippen LogP) is 4.97. The summed E-state index contributed by atoms with van der Waals surface area (Å²) in [5.74, 6) is 0.862. The number of hydrogen-bond acceptors (Lipinski definition) is 1. The van der Waals surface area contributed by atoms with Crippen molar-refractivity contribution in [1.29, 1.82) is 0 Å². The molecular formula is C14H19Br2N. The van der Waals surface area contributed by atoms with Gasteiger partial charge in [0.1, 0.15) is 0 Å². The lowest BCUT2D eigenvalue weighted by Crippen LogP contribution is -2.40. The molecule has 0 amide bonds. The number of hydrogen-bond donors (Lipinski definition) is 0. The van der Waals surface area contributed by atoms with Crippen LogP contribution in [0.5, 0.6) is 0 Å². The second-order valence-electron chi connectivity index (χ2n) is 5.08. The average Bonchev–Trinajstić information content (AvgIpc) is 2.29. The van der Waals surface area contributed by atoms with Crippen LogP contribution in [0.2, 0.25) is 0 Å². The Hall–Kier alpha value is -0.0200. The average molecular weight is 361 g/mol. The second kappa shape index (κ2) is 5.75. The molecule has 0 saturated carbocycles. The molecule has 2 rings (SSSR count). The minimum atomic E-state index is 0.644. The molecule has 2 unspecified atom stereocenters. The first kappa shape index (κ1) is 13.4. The standard InChI is InChI=1S/C14H19Br2N/c1-10-5-6-17(11(2)7-10)14-8-13(16)4-3-12(14)9-15/h3-4,8,10-11H,5-7,9H2,1-2H3. The van der Waals surface area contributed by atoms with E-state index in [-0.39, 0.29) is 0 Å². The molecule has 1 aromatic carbocycles. The molecule has 17 heavy (non-hydrogen) atoms. The molecule has 0 bridgehead atoms. The van der Waals surface area contributed by atoms with Crippen molar-refractivity contribution in [3.05, 3.63) is 28.2 Å². The summed E-state index contributed by atoms with van der Waals surface area (Å²) in [5, 5.41) is 0.925. The van der Waals surface area contributed by atoms with Crippen LogP contribution in [-0.4, -0.2) is 12.6 Å². The van der Waals surface area contributed by atoms with E-state index in [1.165, 1.54) is 35.1 Å². The molecule has 0 radical (unpaired) electrons. The van der Waals surface area contributed by atoms with E-state index in [0.717, 1.165) is 11.2 Å². The number of anilines is 1. The van der Waals surface area contributed by atoms with Gasteiger partial charge in [-0.1, -0.05) is 44.8 Å². The van der Waals surface area contributed by atoms with Crippen LogP contribution in [0.3, 0.4) is 0 Å². The van der Waals surface area contributed by atoms with Gasteiger partial charge in [-0.25, -0.2) is 0 Å². The van der Waals surface area contributed by atoms with Crippen LogP contribution in [0.1, 0.15) is 32.3 Å². The topological polar surface area (TPSA) is 3.24 Å². The van der Waals surface area contributed by atoms with Crippen LogP contribution in [0.25, 0.3) is 0 Å². The summed E-state index contributed by atoms with van der Waals surface area (Å²) in [5.41, 5.74) is 2.77. The summed E-state index contributed by atoms with van der Waals surface area (Å²) in [7, 11) is 0. The summed E-state index contributed by atoms with van der Waals surface area (Å²) in [6, 6.07) is 7.23. The fourth-order valence-corrected chi connectivity index (χ4v) is 3.51. The largest absolute Gasteiger partial charge is 0.369 e. The van der Waals surface area contributed by atoms with Crippen LogP contribution in [0.4, 0.5) is 5.69 Å². The van der Waals surface area contributed by atoms with Crippen LogP contribution in [0.15, 0.2) is 22.7 Å². The molecule has 0 spiro atoms. The van der Waals surface area contributed by atoms with Gasteiger partial charge in [0, 0.05) is 28.1 Å². The minimum absolute atomic E-state index is 0.644. The highest BCUT2D eigenvalue weighted by Crippen LogP contribution is 2.33. The number of benzene rings is 1. The van der Waals surface area contributed by atoms with E-state index in [1.54, 1.807) is 0 Å². The molecule has 3 heteroatoms. The van der Waals surface area contributed by atoms with E-state index in [9.17, 15) is 0 Å². The summed E-state index contributed by atoms with van der Waals surface area (Å²) in [4.78, 5) is 2.56. The SMILES string of the molecule is CC1CCN(c2cc(Br)ccc2CBr)C(C)C1. The third-order valence-corrected chi connectivity index (χ3v) is 4.74. The van der Waals surface area contributed by atoms with Crippen molar-refractivity contribution in [1.82, 2.24) is 0 Å². The van der Waals surface area contributed by atoms with Crippen molar-refractivity contribution in [2.24, 2.45) is 5.92 Å². The molecule has 1 aliphatic heterocycles. The molecule has 1 saturated heterocycles. The number of rotatable bonds is 2. The number of piperidine rings is 1. The van der Waals surface area contributed by atoms with Crippen molar-refractivity contribution in [2.45, 2.75) is 38.1 Å². The van der Waals surface area contributed by atoms with E-state index >= 15 is 0 Å². The van der Waals surface area contributed by atoms with Crippen molar-refractivity contribution in [3.8, 4) is 0 Å². The number of nitrogens with zero attached hydrogens (tertiary/aromatic N) is 1. The Bertz CT molecular complexity index is 392. The Balaban J connectivity index is 2.29.